The van der Waals surface area contributed by atoms with Gasteiger partial charge in [-0.25, -0.2) is 4.98 Å². The lowest BCUT2D eigenvalue weighted by atomic mass is 10.5. The topological polar surface area (TPSA) is 73.8 Å². The first-order chi connectivity index (χ1) is 8.11. The van der Waals surface area contributed by atoms with Crippen LogP contribution in [0.2, 0.25) is 0 Å². The molecule has 0 saturated carbocycles. The van der Waals surface area contributed by atoms with Crippen LogP contribution in [0.4, 0.5) is 0 Å². The van der Waals surface area contributed by atoms with Crippen molar-refractivity contribution in [2.24, 2.45) is 0 Å². The average Bonchev–Trinajstić information content (AvgIpc) is 2.77. The molecule has 0 atom stereocenters. The van der Waals surface area contributed by atoms with Gasteiger partial charge in [-0.1, -0.05) is 6.92 Å². The first-order valence-electron chi connectivity index (χ1n) is 5.15. The molecule has 2 aromatic rings. The Balaban J connectivity index is 2.36. The zero-order chi connectivity index (χ0) is 12.4. The Morgan fingerprint density at radius 3 is 2.76 bits per heavy atom. The first-order valence-corrected chi connectivity index (χ1v) is 6.23. The number of aryl methyl sites for hydroxylation is 2. The highest BCUT2D eigenvalue weighted by atomic mass is 127. The number of nitrogens with zero attached hydrogens (tertiary/aromatic N) is 4. The molecule has 0 bridgehead atoms. The molecule has 2 heterocycles. The third-order valence-electron chi connectivity index (χ3n) is 2.31. The molecule has 0 unspecified atom stereocenters. The summed E-state index contributed by atoms with van der Waals surface area (Å²) in [5, 5.41) is 7.75. The van der Waals surface area contributed by atoms with Gasteiger partial charge in [0.2, 0.25) is 11.8 Å². The molecule has 0 aliphatic carbocycles. The van der Waals surface area contributed by atoms with E-state index in [1.54, 1.807) is 13.1 Å². The van der Waals surface area contributed by atoms with Crippen LogP contribution >= 0.6 is 22.6 Å². The summed E-state index contributed by atoms with van der Waals surface area (Å²) in [7, 11) is 0. The Labute approximate surface area is 111 Å². The molecule has 0 amide bonds. The van der Waals surface area contributed by atoms with Crippen LogP contribution in [0.15, 0.2) is 15.4 Å². The Morgan fingerprint density at radius 1 is 1.41 bits per heavy atom. The summed E-state index contributed by atoms with van der Waals surface area (Å²) >= 11 is 1.96. The zero-order valence-corrected chi connectivity index (χ0v) is 11.6. The fourth-order valence-corrected chi connectivity index (χ4v) is 1.80. The van der Waals surface area contributed by atoms with Gasteiger partial charge < -0.3 is 4.42 Å². The van der Waals surface area contributed by atoms with Crippen molar-refractivity contribution in [1.82, 2.24) is 19.7 Å². The van der Waals surface area contributed by atoms with Crippen molar-refractivity contribution in [3.05, 3.63) is 37.7 Å². The molecule has 17 heavy (non-hydrogen) atoms. The monoisotopic (exact) mass is 346 g/mol. The first kappa shape index (κ1) is 12.2. The van der Waals surface area contributed by atoms with E-state index in [-0.39, 0.29) is 12.1 Å². The van der Waals surface area contributed by atoms with Gasteiger partial charge in [0.05, 0.1) is 3.57 Å². The van der Waals surface area contributed by atoms with E-state index in [0.717, 1.165) is 0 Å². The second-order valence-electron chi connectivity index (χ2n) is 3.49. The van der Waals surface area contributed by atoms with Gasteiger partial charge in [0.15, 0.2) is 0 Å². The summed E-state index contributed by atoms with van der Waals surface area (Å²) in [5.41, 5.74) is -0.0886. The molecular weight excluding hydrogens is 335 g/mol. The van der Waals surface area contributed by atoms with E-state index >= 15 is 0 Å². The van der Waals surface area contributed by atoms with Crippen LogP contribution in [0.3, 0.4) is 0 Å². The maximum Gasteiger partial charge on any atom is 0.267 e. The van der Waals surface area contributed by atoms with E-state index < -0.39 is 0 Å². The van der Waals surface area contributed by atoms with Crippen molar-refractivity contribution in [2.45, 2.75) is 26.8 Å². The Morgan fingerprint density at radius 2 is 2.12 bits per heavy atom. The third kappa shape index (κ3) is 2.54. The fourth-order valence-electron chi connectivity index (χ4n) is 1.37. The minimum atomic E-state index is -0.0886. The van der Waals surface area contributed by atoms with E-state index in [2.05, 4.69) is 15.2 Å². The standard InChI is InChI=1S/C10H11IN4O2/c1-3-8-13-14-9(17-8)5-15-6(2)12-4-7(11)10(15)16/h4H,3,5H2,1-2H3. The van der Waals surface area contributed by atoms with Gasteiger partial charge in [-0.05, 0) is 29.5 Å². The van der Waals surface area contributed by atoms with E-state index in [0.29, 0.717) is 27.6 Å². The van der Waals surface area contributed by atoms with Gasteiger partial charge in [-0.3, -0.25) is 9.36 Å². The van der Waals surface area contributed by atoms with Crippen molar-refractivity contribution in [2.75, 3.05) is 0 Å². The SMILES string of the molecule is CCc1nnc(Cn2c(C)ncc(I)c2=O)o1. The van der Waals surface area contributed by atoms with Gasteiger partial charge in [0.1, 0.15) is 12.4 Å². The molecule has 0 fully saturated rings. The predicted octanol–water partition coefficient (Wildman–Crippen LogP) is 1.15. The van der Waals surface area contributed by atoms with E-state index in [9.17, 15) is 4.79 Å². The summed E-state index contributed by atoms with van der Waals surface area (Å²) in [4.78, 5) is 16.0. The molecule has 6 nitrogen and oxygen atoms in total. The molecule has 0 aromatic carbocycles. The second kappa shape index (κ2) is 4.94. The van der Waals surface area contributed by atoms with Crippen molar-refractivity contribution in [1.29, 1.82) is 0 Å². The number of hydrogen-bond donors (Lipinski definition) is 0. The van der Waals surface area contributed by atoms with Crippen molar-refractivity contribution >= 4 is 22.6 Å². The molecule has 0 aliphatic rings. The van der Waals surface area contributed by atoms with Crippen LogP contribution in [0.25, 0.3) is 0 Å². The van der Waals surface area contributed by atoms with Crippen LogP contribution in [0.1, 0.15) is 24.5 Å². The van der Waals surface area contributed by atoms with Crippen molar-refractivity contribution < 1.29 is 4.42 Å². The molecule has 0 radical (unpaired) electrons. The van der Waals surface area contributed by atoms with Gasteiger partial charge in [-0.2, -0.15) is 0 Å². The molecule has 7 heteroatoms. The van der Waals surface area contributed by atoms with Gasteiger partial charge in [0, 0.05) is 12.6 Å². The number of halogens is 1. The Hall–Kier alpha value is -1.25. The summed E-state index contributed by atoms with van der Waals surface area (Å²) < 4.78 is 7.47. The average molecular weight is 346 g/mol. The Bertz CT molecular complexity index is 590. The highest BCUT2D eigenvalue weighted by Crippen LogP contribution is 2.04. The highest BCUT2D eigenvalue weighted by Gasteiger charge is 2.10. The highest BCUT2D eigenvalue weighted by molar-refractivity contribution is 14.1. The minimum Gasteiger partial charge on any atom is -0.423 e. The maximum absolute atomic E-state index is 11.9. The molecule has 0 N–H and O–H groups in total. The zero-order valence-electron chi connectivity index (χ0n) is 9.47. The molecule has 2 aromatic heterocycles. The second-order valence-corrected chi connectivity index (χ2v) is 4.65. The largest absolute Gasteiger partial charge is 0.423 e. The smallest absolute Gasteiger partial charge is 0.267 e. The van der Waals surface area contributed by atoms with E-state index in [4.69, 9.17) is 4.42 Å². The predicted molar refractivity (Wildman–Crippen MR) is 68.7 cm³/mol. The maximum atomic E-state index is 11.9. The van der Waals surface area contributed by atoms with Crippen LogP contribution in [-0.2, 0) is 13.0 Å². The van der Waals surface area contributed by atoms with E-state index in [1.165, 1.54) is 4.57 Å². The van der Waals surface area contributed by atoms with Crippen LogP contribution in [-0.4, -0.2) is 19.7 Å². The lowest BCUT2D eigenvalue weighted by Crippen LogP contribution is -2.26. The third-order valence-corrected chi connectivity index (χ3v) is 3.05. The van der Waals surface area contributed by atoms with Crippen molar-refractivity contribution in [3.63, 3.8) is 0 Å². The van der Waals surface area contributed by atoms with Gasteiger partial charge in [0.25, 0.3) is 5.56 Å². The molecule has 90 valence electrons. The summed E-state index contributed by atoms with van der Waals surface area (Å²) in [6.45, 7) is 3.97. The summed E-state index contributed by atoms with van der Waals surface area (Å²) in [6, 6.07) is 0. The number of hydrogen-bond acceptors (Lipinski definition) is 5. The molecule has 0 aliphatic heterocycles. The van der Waals surface area contributed by atoms with Crippen LogP contribution < -0.4 is 5.56 Å². The molecule has 0 spiro atoms. The molecular formula is C10H11IN4O2. The van der Waals surface area contributed by atoms with Gasteiger partial charge in [-0.15, -0.1) is 10.2 Å². The number of aromatic nitrogens is 4. The lowest BCUT2D eigenvalue weighted by Gasteiger charge is -2.05. The quantitative estimate of drug-likeness (QED) is 0.780. The molecule has 2 rings (SSSR count). The van der Waals surface area contributed by atoms with E-state index in [1.807, 2.05) is 29.5 Å². The Kier molecular flexibility index (Phi) is 3.55. The van der Waals surface area contributed by atoms with Crippen LogP contribution in [0, 0.1) is 10.5 Å². The number of rotatable bonds is 3. The lowest BCUT2D eigenvalue weighted by molar-refractivity contribution is 0.436. The molecule has 0 saturated heterocycles. The van der Waals surface area contributed by atoms with Crippen molar-refractivity contribution in [3.8, 4) is 0 Å². The van der Waals surface area contributed by atoms with Gasteiger partial charge >= 0.3 is 0 Å². The summed E-state index contributed by atoms with van der Waals surface area (Å²) in [6.07, 6.45) is 2.24. The minimum absolute atomic E-state index is 0.0886. The normalized spacial score (nSPS) is 10.8. The fraction of sp³-hybridized carbons (Fsp3) is 0.400. The van der Waals surface area contributed by atoms with Crippen LogP contribution in [0.5, 0.6) is 0 Å². The summed E-state index contributed by atoms with van der Waals surface area (Å²) in [5.74, 6) is 1.63.